The van der Waals surface area contributed by atoms with E-state index in [1.165, 1.54) is 88.4 Å². The van der Waals surface area contributed by atoms with Crippen LogP contribution in [0.15, 0.2) is 137 Å². The van der Waals surface area contributed by atoms with Gasteiger partial charge in [0, 0.05) is 23.7 Å². The molecule has 0 heterocycles. The van der Waals surface area contributed by atoms with E-state index in [-0.39, 0.29) is 10.8 Å². The Morgan fingerprint density at radius 3 is 1.59 bits per heavy atom. The van der Waals surface area contributed by atoms with Crippen LogP contribution in [0.4, 0.5) is 0 Å². The van der Waals surface area contributed by atoms with Crippen molar-refractivity contribution in [2.75, 3.05) is 0 Å². The van der Waals surface area contributed by atoms with Gasteiger partial charge in [0.1, 0.15) is 0 Å². The number of allylic oxidation sites excluding steroid dienone is 20. The van der Waals surface area contributed by atoms with Gasteiger partial charge in [0.15, 0.2) is 0 Å². The van der Waals surface area contributed by atoms with Crippen LogP contribution in [0.2, 0.25) is 0 Å². The van der Waals surface area contributed by atoms with Gasteiger partial charge >= 0.3 is 0 Å². The first-order valence-corrected chi connectivity index (χ1v) is 20.4. The molecule has 0 amide bonds. The zero-order valence-corrected chi connectivity index (χ0v) is 32.1. The lowest BCUT2D eigenvalue weighted by atomic mass is 9.54. The van der Waals surface area contributed by atoms with E-state index in [4.69, 9.17) is 0 Å². The normalized spacial score (nSPS) is 26.0. The Bertz CT molecular complexity index is 2920. The van der Waals surface area contributed by atoms with E-state index >= 15 is 0 Å². The maximum absolute atomic E-state index is 2.57. The number of benzene rings is 4. The molecule has 0 aromatic heterocycles. The molecule has 4 atom stereocenters. The lowest BCUT2D eigenvalue weighted by molar-refractivity contribution is 0.483. The van der Waals surface area contributed by atoms with Crippen molar-refractivity contribution < 1.29 is 0 Å². The highest BCUT2D eigenvalue weighted by molar-refractivity contribution is 6.24. The molecule has 260 valence electrons. The third-order valence-corrected chi connectivity index (χ3v) is 14.9. The summed E-state index contributed by atoms with van der Waals surface area (Å²) < 4.78 is 0. The Morgan fingerprint density at radius 2 is 0.981 bits per heavy atom. The summed E-state index contributed by atoms with van der Waals surface area (Å²) in [6, 6.07) is 22.0. The molecule has 4 aromatic rings. The van der Waals surface area contributed by atoms with E-state index in [0.29, 0.717) is 23.7 Å². The summed E-state index contributed by atoms with van der Waals surface area (Å²) in [4.78, 5) is 0. The van der Waals surface area contributed by atoms with Gasteiger partial charge in [-0.3, -0.25) is 0 Å². The quantitative estimate of drug-likeness (QED) is 0.161. The molecule has 9 aliphatic carbocycles. The van der Waals surface area contributed by atoms with Gasteiger partial charge < -0.3 is 0 Å². The predicted octanol–water partition coefficient (Wildman–Crippen LogP) is 13.8. The minimum absolute atomic E-state index is 0.131. The van der Waals surface area contributed by atoms with Crippen molar-refractivity contribution in [3.8, 4) is 0 Å². The van der Waals surface area contributed by atoms with Crippen molar-refractivity contribution in [3.63, 3.8) is 0 Å². The molecule has 13 rings (SSSR count). The second-order valence-corrected chi connectivity index (χ2v) is 19.5. The van der Waals surface area contributed by atoms with Crippen LogP contribution in [0.5, 0.6) is 0 Å². The van der Waals surface area contributed by atoms with Crippen LogP contribution in [0.1, 0.15) is 93.3 Å². The molecule has 0 spiro atoms. The third-order valence-electron chi connectivity index (χ3n) is 14.9. The molecule has 54 heavy (non-hydrogen) atoms. The molecule has 0 heteroatoms. The molecule has 0 radical (unpaired) electrons. The minimum Gasteiger partial charge on any atom is -0.0639 e. The number of hydrogen-bond donors (Lipinski definition) is 0. The fraction of sp³-hybridized carbons (Fsp3) is 0.259. The summed E-state index contributed by atoms with van der Waals surface area (Å²) in [7, 11) is 0. The maximum atomic E-state index is 2.57. The van der Waals surface area contributed by atoms with Gasteiger partial charge in [0.25, 0.3) is 0 Å². The lowest BCUT2D eigenvalue weighted by Gasteiger charge is -2.48. The topological polar surface area (TPSA) is 0 Å². The molecule has 4 aromatic carbocycles. The molecule has 4 unspecified atom stereocenters. The Morgan fingerprint density at radius 1 is 0.444 bits per heavy atom. The van der Waals surface area contributed by atoms with E-state index in [1.54, 1.807) is 33.4 Å². The van der Waals surface area contributed by atoms with Crippen LogP contribution in [0.3, 0.4) is 0 Å². The van der Waals surface area contributed by atoms with E-state index < -0.39 is 0 Å². The van der Waals surface area contributed by atoms with Crippen LogP contribution >= 0.6 is 0 Å². The third kappa shape index (κ3) is 3.53. The first-order valence-electron chi connectivity index (χ1n) is 20.4. The molecule has 0 saturated heterocycles. The molecule has 1 saturated carbocycles. The van der Waals surface area contributed by atoms with Crippen molar-refractivity contribution >= 4 is 55.0 Å². The minimum atomic E-state index is 0.131. The van der Waals surface area contributed by atoms with Crippen molar-refractivity contribution in [1.29, 1.82) is 0 Å². The Labute approximate surface area is 318 Å². The zero-order valence-electron chi connectivity index (χ0n) is 32.1. The fourth-order valence-corrected chi connectivity index (χ4v) is 12.3. The Kier molecular flexibility index (Phi) is 5.32. The molecular formula is C54H44. The van der Waals surface area contributed by atoms with Gasteiger partial charge in [-0.2, -0.15) is 0 Å². The second-order valence-electron chi connectivity index (χ2n) is 19.5. The van der Waals surface area contributed by atoms with E-state index in [2.05, 4.69) is 151 Å². The van der Waals surface area contributed by atoms with Gasteiger partial charge in [-0.15, -0.1) is 0 Å². The predicted molar refractivity (Wildman–Crippen MR) is 228 cm³/mol. The number of fused-ring (bicyclic) bond motifs is 12. The monoisotopic (exact) mass is 692 g/mol. The summed E-state index contributed by atoms with van der Waals surface area (Å²) >= 11 is 0. The van der Waals surface area contributed by atoms with Crippen LogP contribution in [0, 0.1) is 29.1 Å². The van der Waals surface area contributed by atoms with Crippen LogP contribution in [0.25, 0.3) is 55.0 Å². The highest BCUT2D eigenvalue weighted by Crippen LogP contribution is 2.67. The number of rotatable bonds is 0. The first-order chi connectivity index (χ1) is 26.0. The van der Waals surface area contributed by atoms with E-state index in [9.17, 15) is 0 Å². The van der Waals surface area contributed by atoms with Crippen LogP contribution < -0.4 is 0 Å². The fourth-order valence-electron chi connectivity index (χ4n) is 12.3. The van der Waals surface area contributed by atoms with Gasteiger partial charge in [-0.25, -0.2) is 0 Å². The molecule has 9 aliphatic rings. The highest BCUT2D eigenvalue weighted by atomic mass is 14.6. The molecule has 0 N–H and O–H groups in total. The first kappa shape index (κ1) is 30.2. The van der Waals surface area contributed by atoms with Crippen molar-refractivity contribution in [2.24, 2.45) is 29.1 Å². The second kappa shape index (κ2) is 9.53. The van der Waals surface area contributed by atoms with Crippen molar-refractivity contribution in [3.05, 3.63) is 176 Å². The molecule has 1 fully saturated rings. The molecule has 0 bridgehead atoms. The Balaban J connectivity index is 0.981. The van der Waals surface area contributed by atoms with E-state index in [0.717, 1.165) is 12.8 Å². The summed E-state index contributed by atoms with van der Waals surface area (Å²) in [6.07, 6.45) is 24.9. The summed E-state index contributed by atoms with van der Waals surface area (Å²) in [6.45, 7) is 14.1. The largest absolute Gasteiger partial charge is 0.0639 e. The Hall–Kier alpha value is -5.20. The van der Waals surface area contributed by atoms with Crippen molar-refractivity contribution in [1.82, 2.24) is 0 Å². The van der Waals surface area contributed by atoms with Crippen LogP contribution in [-0.4, -0.2) is 0 Å². The average Bonchev–Trinajstić information content (AvgIpc) is 3.78. The lowest BCUT2D eigenvalue weighted by Crippen LogP contribution is -2.37. The standard InChI is InChI=1S/C54H44/c1-53(2,3)28-10-12-30-34-14-15-35-37-16-19-39-43-22-27-23-47-31-13-11-29(54(4,5)6)25-45(31)33-9-7-8-32(48(33)47)42(27)26-46(43)41-21-18-38(51(37)52(39)41)36-17-20-40(44(30)24-28)49(34)50(35)36/h7-10,12,14-26,49-52H,11,13H2,1-6H3. The molecule has 0 nitrogen and oxygen atoms in total. The molecular weight excluding hydrogens is 649 g/mol. The summed E-state index contributed by atoms with van der Waals surface area (Å²) in [5, 5.41) is 5.66. The smallest absolute Gasteiger partial charge is 0.0211 e. The molecule has 0 aliphatic heterocycles. The van der Waals surface area contributed by atoms with Gasteiger partial charge in [0.2, 0.25) is 0 Å². The SMILES string of the molecule is CC(C)(C)C1=CC2=C(CC1)c1cc3cc4c(cc3c3cccc2c13)C1=CC=C2C3=CC=C5c6cc(C(C)(C)C)ccc6C6=CC=C(C7=CC=C4C1C72)C3C65. The van der Waals surface area contributed by atoms with Gasteiger partial charge in [-0.1, -0.05) is 138 Å². The zero-order chi connectivity index (χ0) is 36.2. The van der Waals surface area contributed by atoms with Gasteiger partial charge in [-0.05, 0) is 158 Å². The van der Waals surface area contributed by atoms with E-state index in [1.807, 2.05) is 0 Å². The summed E-state index contributed by atoms with van der Waals surface area (Å²) in [5.41, 5.74) is 27.3. The summed E-state index contributed by atoms with van der Waals surface area (Å²) in [5.74, 6) is 1.53. The highest BCUT2D eigenvalue weighted by Gasteiger charge is 2.53. The van der Waals surface area contributed by atoms with Gasteiger partial charge in [0.05, 0.1) is 0 Å². The van der Waals surface area contributed by atoms with Crippen LogP contribution in [-0.2, 0) is 5.41 Å². The number of hydrogen-bond acceptors (Lipinski definition) is 0. The maximum Gasteiger partial charge on any atom is 0.0211 e. The average molecular weight is 693 g/mol. The van der Waals surface area contributed by atoms with Crippen molar-refractivity contribution in [2.45, 2.75) is 59.8 Å².